The number of nitrogens with zero attached hydrogens (tertiary/aromatic N) is 7. The Hall–Kier alpha value is -2.74. The standard InChI is InChI=1S/C19H23N7O/c1-2-6-26(5-1)19-16-11-15(3-4-17(16)20-13-21-19)25-9-7-24(8-10-25)12-18-22-14-27-23-18/h3-4,11,13-14H,1-2,5-10,12H2. The van der Waals surface area contributed by atoms with Crippen molar-refractivity contribution in [1.29, 1.82) is 0 Å². The summed E-state index contributed by atoms with van der Waals surface area (Å²) in [5.74, 6) is 1.83. The van der Waals surface area contributed by atoms with Gasteiger partial charge in [0, 0.05) is 50.3 Å². The zero-order valence-electron chi connectivity index (χ0n) is 15.3. The lowest BCUT2D eigenvalue weighted by molar-refractivity contribution is 0.240. The quantitative estimate of drug-likeness (QED) is 0.694. The number of hydrogen-bond acceptors (Lipinski definition) is 8. The lowest BCUT2D eigenvalue weighted by atomic mass is 10.1. The summed E-state index contributed by atoms with van der Waals surface area (Å²) >= 11 is 0. The average molecular weight is 365 g/mol. The van der Waals surface area contributed by atoms with Crippen LogP contribution in [0.2, 0.25) is 0 Å². The van der Waals surface area contributed by atoms with E-state index in [9.17, 15) is 0 Å². The lowest BCUT2D eigenvalue weighted by Crippen LogP contribution is -2.46. The number of hydrogen-bond donors (Lipinski definition) is 0. The van der Waals surface area contributed by atoms with Crippen LogP contribution in [0.3, 0.4) is 0 Å². The van der Waals surface area contributed by atoms with Crippen molar-refractivity contribution in [1.82, 2.24) is 25.0 Å². The molecule has 4 heterocycles. The molecule has 2 aliphatic rings. The third kappa shape index (κ3) is 3.32. The van der Waals surface area contributed by atoms with Crippen LogP contribution in [-0.4, -0.2) is 64.3 Å². The van der Waals surface area contributed by atoms with E-state index in [1.165, 1.54) is 24.9 Å². The van der Waals surface area contributed by atoms with Crippen LogP contribution in [0.15, 0.2) is 35.4 Å². The summed E-state index contributed by atoms with van der Waals surface area (Å²) in [6, 6.07) is 6.56. The van der Waals surface area contributed by atoms with E-state index in [-0.39, 0.29) is 0 Å². The van der Waals surface area contributed by atoms with Crippen molar-refractivity contribution in [2.75, 3.05) is 49.1 Å². The smallest absolute Gasteiger partial charge is 0.213 e. The zero-order valence-corrected chi connectivity index (χ0v) is 15.3. The number of rotatable bonds is 4. The van der Waals surface area contributed by atoms with E-state index in [1.807, 2.05) is 0 Å². The molecule has 0 unspecified atom stereocenters. The summed E-state index contributed by atoms with van der Waals surface area (Å²) in [4.78, 5) is 20.4. The van der Waals surface area contributed by atoms with E-state index < -0.39 is 0 Å². The van der Waals surface area contributed by atoms with Gasteiger partial charge in [0.2, 0.25) is 6.39 Å². The number of benzene rings is 1. The molecule has 0 radical (unpaired) electrons. The molecule has 2 fully saturated rings. The molecular formula is C19H23N7O. The fourth-order valence-corrected chi connectivity index (χ4v) is 4.03. The van der Waals surface area contributed by atoms with Crippen molar-refractivity contribution in [2.24, 2.45) is 0 Å². The van der Waals surface area contributed by atoms with Crippen molar-refractivity contribution in [2.45, 2.75) is 19.4 Å². The maximum absolute atomic E-state index is 4.83. The number of aromatic nitrogens is 4. The van der Waals surface area contributed by atoms with Crippen molar-refractivity contribution in [3.63, 3.8) is 0 Å². The summed E-state index contributed by atoms with van der Waals surface area (Å²) < 4.78 is 4.83. The van der Waals surface area contributed by atoms with Gasteiger partial charge in [-0.05, 0) is 31.0 Å². The minimum absolute atomic E-state index is 0.745. The number of anilines is 2. The molecule has 0 bridgehead atoms. The molecule has 0 atom stereocenters. The van der Waals surface area contributed by atoms with Crippen LogP contribution in [0.5, 0.6) is 0 Å². The van der Waals surface area contributed by atoms with Gasteiger partial charge in [0.05, 0.1) is 12.1 Å². The third-order valence-corrected chi connectivity index (χ3v) is 5.51. The summed E-state index contributed by atoms with van der Waals surface area (Å²) in [6.07, 6.45) is 5.56. The lowest BCUT2D eigenvalue weighted by Gasteiger charge is -2.35. The van der Waals surface area contributed by atoms with Crippen LogP contribution in [-0.2, 0) is 6.54 Å². The summed E-state index contributed by atoms with van der Waals surface area (Å²) in [6.45, 7) is 6.85. The molecule has 8 nitrogen and oxygen atoms in total. The van der Waals surface area contributed by atoms with Gasteiger partial charge in [-0.25, -0.2) is 9.97 Å². The highest BCUT2D eigenvalue weighted by Crippen LogP contribution is 2.30. The van der Waals surface area contributed by atoms with Crippen LogP contribution in [0.1, 0.15) is 18.7 Å². The van der Waals surface area contributed by atoms with Crippen LogP contribution in [0.4, 0.5) is 11.5 Å². The van der Waals surface area contributed by atoms with Gasteiger partial charge in [-0.3, -0.25) is 4.90 Å². The first-order valence-corrected chi connectivity index (χ1v) is 9.59. The van der Waals surface area contributed by atoms with Gasteiger partial charge in [-0.15, -0.1) is 0 Å². The first kappa shape index (κ1) is 16.4. The zero-order chi connectivity index (χ0) is 18.1. The van der Waals surface area contributed by atoms with E-state index >= 15 is 0 Å². The minimum atomic E-state index is 0.745. The average Bonchev–Trinajstić information content (AvgIpc) is 3.42. The van der Waals surface area contributed by atoms with Gasteiger partial charge in [-0.1, -0.05) is 5.16 Å². The molecule has 3 aromatic rings. The summed E-state index contributed by atoms with van der Waals surface area (Å²) in [5, 5.41) is 5.07. The molecule has 0 saturated carbocycles. The highest BCUT2D eigenvalue weighted by atomic mass is 16.5. The number of fused-ring (bicyclic) bond motifs is 1. The second kappa shape index (κ2) is 7.11. The van der Waals surface area contributed by atoms with Crippen molar-refractivity contribution in [3.8, 4) is 0 Å². The van der Waals surface area contributed by atoms with E-state index in [0.717, 1.165) is 68.4 Å². The summed E-state index contributed by atoms with van der Waals surface area (Å²) in [7, 11) is 0. The van der Waals surface area contributed by atoms with E-state index in [2.05, 4.69) is 53.0 Å². The Morgan fingerprint density at radius 3 is 2.52 bits per heavy atom. The Labute approximate surface area is 157 Å². The van der Waals surface area contributed by atoms with Crippen molar-refractivity contribution < 1.29 is 4.52 Å². The Morgan fingerprint density at radius 2 is 1.74 bits per heavy atom. The molecule has 0 aliphatic carbocycles. The van der Waals surface area contributed by atoms with Crippen LogP contribution in [0.25, 0.3) is 10.9 Å². The molecule has 5 rings (SSSR count). The normalized spacial score (nSPS) is 18.5. The molecule has 0 N–H and O–H groups in total. The van der Waals surface area contributed by atoms with Gasteiger partial charge < -0.3 is 14.3 Å². The highest BCUT2D eigenvalue weighted by molar-refractivity contribution is 5.92. The second-order valence-electron chi connectivity index (χ2n) is 7.20. The SMILES string of the molecule is c1nc(N2CCCC2)c2cc(N3CCN(Cc4ncon4)CC3)ccc2n1. The molecule has 1 aromatic carbocycles. The monoisotopic (exact) mass is 365 g/mol. The van der Waals surface area contributed by atoms with E-state index in [0.29, 0.717) is 0 Å². The molecule has 2 aromatic heterocycles. The van der Waals surface area contributed by atoms with Crippen molar-refractivity contribution >= 4 is 22.4 Å². The molecular weight excluding hydrogens is 342 g/mol. The highest BCUT2D eigenvalue weighted by Gasteiger charge is 2.21. The molecule has 2 saturated heterocycles. The Balaban J connectivity index is 1.34. The molecule has 140 valence electrons. The predicted octanol–water partition coefficient (Wildman–Crippen LogP) is 1.94. The Bertz CT molecular complexity index is 900. The first-order valence-electron chi connectivity index (χ1n) is 9.59. The molecule has 27 heavy (non-hydrogen) atoms. The minimum Gasteiger partial charge on any atom is -0.369 e. The predicted molar refractivity (Wildman–Crippen MR) is 103 cm³/mol. The van der Waals surface area contributed by atoms with E-state index in [1.54, 1.807) is 6.33 Å². The van der Waals surface area contributed by atoms with Gasteiger partial charge >= 0.3 is 0 Å². The molecule has 0 spiro atoms. The molecule has 0 amide bonds. The largest absolute Gasteiger partial charge is 0.369 e. The topological polar surface area (TPSA) is 74.4 Å². The Kier molecular flexibility index (Phi) is 4.33. The van der Waals surface area contributed by atoms with Gasteiger partial charge in [-0.2, -0.15) is 4.98 Å². The maximum Gasteiger partial charge on any atom is 0.213 e. The third-order valence-electron chi connectivity index (χ3n) is 5.51. The maximum atomic E-state index is 4.83. The summed E-state index contributed by atoms with van der Waals surface area (Å²) in [5.41, 5.74) is 2.27. The fourth-order valence-electron chi connectivity index (χ4n) is 4.03. The van der Waals surface area contributed by atoms with Gasteiger partial charge in [0.15, 0.2) is 5.82 Å². The van der Waals surface area contributed by atoms with Gasteiger partial charge in [0.25, 0.3) is 0 Å². The number of piperazine rings is 1. The fraction of sp³-hybridized carbons (Fsp3) is 0.474. The first-order chi connectivity index (χ1) is 13.4. The second-order valence-corrected chi connectivity index (χ2v) is 7.20. The molecule has 2 aliphatic heterocycles. The Morgan fingerprint density at radius 1 is 0.889 bits per heavy atom. The van der Waals surface area contributed by atoms with E-state index in [4.69, 9.17) is 4.52 Å². The van der Waals surface area contributed by atoms with Gasteiger partial charge in [0.1, 0.15) is 12.1 Å². The van der Waals surface area contributed by atoms with Crippen LogP contribution < -0.4 is 9.80 Å². The molecule has 8 heteroatoms. The van der Waals surface area contributed by atoms with Crippen LogP contribution in [0, 0.1) is 0 Å². The van der Waals surface area contributed by atoms with Crippen molar-refractivity contribution in [3.05, 3.63) is 36.7 Å². The van der Waals surface area contributed by atoms with Crippen LogP contribution >= 0.6 is 0 Å².